The summed E-state index contributed by atoms with van der Waals surface area (Å²) in [5, 5.41) is 9.11. The van der Waals surface area contributed by atoms with E-state index in [-0.39, 0.29) is 18.9 Å². The zero-order valence-corrected chi connectivity index (χ0v) is 13.4. The Bertz CT molecular complexity index is 582. The van der Waals surface area contributed by atoms with Crippen molar-refractivity contribution in [2.75, 3.05) is 13.2 Å². The van der Waals surface area contributed by atoms with E-state index in [1.54, 1.807) is 0 Å². The molecule has 22 heavy (non-hydrogen) atoms. The molecule has 1 amide bonds. The van der Waals surface area contributed by atoms with Gasteiger partial charge in [-0.1, -0.05) is 6.07 Å². The van der Waals surface area contributed by atoms with E-state index in [9.17, 15) is 9.59 Å². The first-order valence-corrected chi connectivity index (χ1v) is 7.63. The van der Waals surface area contributed by atoms with Crippen molar-refractivity contribution >= 4 is 11.9 Å². The number of carbonyl (C=O) groups is 2. The zero-order valence-electron chi connectivity index (χ0n) is 13.4. The van der Waals surface area contributed by atoms with Gasteiger partial charge in [-0.15, -0.1) is 0 Å². The summed E-state index contributed by atoms with van der Waals surface area (Å²) in [4.78, 5) is 24.7. The molecule has 0 bridgehead atoms. The van der Waals surface area contributed by atoms with Gasteiger partial charge < -0.3 is 14.7 Å². The largest absolute Gasteiger partial charge is 0.493 e. The molecule has 0 spiro atoms. The maximum absolute atomic E-state index is 12.2. The molecule has 1 saturated heterocycles. The van der Waals surface area contributed by atoms with Crippen molar-refractivity contribution in [1.82, 2.24) is 4.90 Å². The molecular weight excluding hydrogens is 282 g/mol. The van der Waals surface area contributed by atoms with E-state index in [2.05, 4.69) is 6.07 Å². The third kappa shape index (κ3) is 3.59. The second-order valence-corrected chi connectivity index (χ2v) is 5.89. The number of rotatable bonds is 5. The molecule has 0 aliphatic carbocycles. The predicted molar refractivity (Wildman–Crippen MR) is 83.1 cm³/mol. The summed E-state index contributed by atoms with van der Waals surface area (Å²) in [5.41, 5.74) is 3.35. The highest BCUT2D eigenvalue weighted by Crippen LogP contribution is 2.24. The van der Waals surface area contributed by atoms with Crippen molar-refractivity contribution in [2.45, 2.75) is 46.1 Å². The van der Waals surface area contributed by atoms with Crippen LogP contribution in [0.2, 0.25) is 0 Å². The number of carboxylic acids is 1. The lowest BCUT2D eigenvalue weighted by Gasteiger charge is -2.21. The molecule has 0 unspecified atom stereocenters. The summed E-state index contributed by atoms with van der Waals surface area (Å²) in [5.74, 6) is -0.273. The van der Waals surface area contributed by atoms with Gasteiger partial charge in [0.15, 0.2) is 0 Å². The molecule has 5 nitrogen and oxygen atoms in total. The van der Waals surface area contributed by atoms with Crippen LogP contribution < -0.4 is 4.74 Å². The van der Waals surface area contributed by atoms with Crippen LogP contribution in [0.5, 0.6) is 5.75 Å². The molecular formula is C17H23NO4. The molecule has 0 radical (unpaired) electrons. The Morgan fingerprint density at radius 3 is 2.73 bits per heavy atom. The number of hydrogen-bond acceptors (Lipinski definition) is 3. The molecule has 1 atom stereocenters. The van der Waals surface area contributed by atoms with Gasteiger partial charge in [-0.25, -0.2) is 4.79 Å². The summed E-state index contributed by atoms with van der Waals surface area (Å²) in [6, 6.07) is 3.38. The normalized spacial score (nSPS) is 17.6. The minimum Gasteiger partial charge on any atom is -0.493 e. The van der Waals surface area contributed by atoms with Crippen LogP contribution in [0.25, 0.3) is 0 Å². The lowest BCUT2D eigenvalue weighted by Crippen LogP contribution is -2.40. The second kappa shape index (κ2) is 6.81. The molecule has 1 N–H and O–H groups in total. The highest BCUT2D eigenvalue weighted by Gasteiger charge is 2.33. The van der Waals surface area contributed by atoms with Crippen LogP contribution in [0, 0.1) is 20.8 Å². The van der Waals surface area contributed by atoms with Crippen LogP contribution in [0.1, 0.15) is 36.0 Å². The number of likely N-dealkylation sites (tertiary alicyclic amines) is 1. The monoisotopic (exact) mass is 305 g/mol. The van der Waals surface area contributed by atoms with E-state index in [0.29, 0.717) is 13.0 Å². The number of amides is 1. The van der Waals surface area contributed by atoms with Crippen LogP contribution in [-0.4, -0.2) is 41.1 Å². The highest BCUT2D eigenvalue weighted by molar-refractivity contribution is 5.84. The number of carboxylic acid groups (broad SMARTS) is 1. The molecule has 1 aliphatic rings. The number of ether oxygens (including phenoxy) is 1. The molecule has 1 heterocycles. The minimum absolute atomic E-state index is 0.146. The molecule has 0 saturated carbocycles. The smallest absolute Gasteiger partial charge is 0.326 e. The summed E-state index contributed by atoms with van der Waals surface area (Å²) in [6.45, 7) is 6.82. The summed E-state index contributed by atoms with van der Waals surface area (Å²) < 4.78 is 5.73. The first-order valence-electron chi connectivity index (χ1n) is 7.63. The van der Waals surface area contributed by atoms with Gasteiger partial charge >= 0.3 is 5.97 Å². The second-order valence-electron chi connectivity index (χ2n) is 5.89. The zero-order chi connectivity index (χ0) is 16.3. The van der Waals surface area contributed by atoms with Crippen LogP contribution in [0.4, 0.5) is 0 Å². The van der Waals surface area contributed by atoms with Crippen molar-refractivity contribution in [3.63, 3.8) is 0 Å². The number of carbonyl (C=O) groups excluding carboxylic acids is 1. The number of nitrogens with zero attached hydrogens (tertiary/aromatic N) is 1. The van der Waals surface area contributed by atoms with Gasteiger partial charge in [-0.05, 0) is 56.4 Å². The number of benzene rings is 1. The molecule has 2 rings (SSSR count). The maximum atomic E-state index is 12.2. The Kier molecular flexibility index (Phi) is 5.06. The maximum Gasteiger partial charge on any atom is 0.326 e. The van der Waals surface area contributed by atoms with Crippen molar-refractivity contribution in [3.8, 4) is 5.75 Å². The third-order valence-corrected chi connectivity index (χ3v) is 4.20. The first kappa shape index (κ1) is 16.3. The minimum atomic E-state index is -0.920. The fourth-order valence-electron chi connectivity index (χ4n) is 2.86. The predicted octanol–water partition coefficient (Wildman–Crippen LogP) is 2.46. The highest BCUT2D eigenvalue weighted by atomic mass is 16.5. The van der Waals surface area contributed by atoms with E-state index in [1.165, 1.54) is 4.90 Å². The standard InChI is InChI=1S/C17H23NO4/c1-11-9-12(2)13(3)15(10-11)22-8-6-16(19)18-7-4-5-14(18)17(20)21/h9-10,14H,4-8H2,1-3H3,(H,20,21)/t14-/m0/s1. The molecule has 1 aromatic carbocycles. The van der Waals surface area contributed by atoms with Gasteiger partial charge in [0.05, 0.1) is 13.0 Å². The fourth-order valence-corrected chi connectivity index (χ4v) is 2.86. The third-order valence-electron chi connectivity index (χ3n) is 4.20. The number of aryl methyl sites for hydroxylation is 2. The molecule has 0 aromatic heterocycles. The van der Waals surface area contributed by atoms with Gasteiger partial charge in [0.2, 0.25) is 5.91 Å². The van der Waals surface area contributed by atoms with Crippen molar-refractivity contribution in [1.29, 1.82) is 0 Å². The Morgan fingerprint density at radius 2 is 2.05 bits per heavy atom. The van der Waals surface area contributed by atoms with Crippen LogP contribution in [0.3, 0.4) is 0 Å². The molecule has 5 heteroatoms. The molecule has 1 aliphatic heterocycles. The average molecular weight is 305 g/mol. The first-order chi connectivity index (χ1) is 10.4. The van der Waals surface area contributed by atoms with Gasteiger partial charge in [0.25, 0.3) is 0 Å². The summed E-state index contributed by atoms with van der Waals surface area (Å²) in [7, 11) is 0. The van der Waals surface area contributed by atoms with Crippen LogP contribution in [-0.2, 0) is 9.59 Å². The Balaban J connectivity index is 1.91. The van der Waals surface area contributed by atoms with Crippen LogP contribution >= 0.6 is 0 Å². The van der Waals surface area contributed by atoms with Crippen LogP contribution in [0.15, 0.2) is 12.1 Å². The van der Waals surface area contributed by atoms with Crippen molar-refractivity contribution < 1.29 is 19.4 Å². The molecule has 1 aromatic rings. The van der Waals surface area contributed by atoms with E-state index in [4.69, 9.17) is 9.84 Å². The van der Waals surface area contributed by atoms with Gasteiger partial charge in [-0.3, -0.25) is 4.79 Å². The Hall–Kier alpha value is -2.04. The van der Waals surface area contributed by atoms with Crippen molar-refractivity contribution in [2.24, 2.45) is 0 Å². The van der Waals surface area contributed by atoms with Gasteiger partial charge in [0.1, 0.15) is 11.8 Å². The quantitative estimate of drug-likeness (QED) is 0.907. The van der Waals surface area contributed by atoms with Crippen molar-refractivity contribution in [3.05, 3.63) is 28.8 Å². The fraction of sp³-hybridized carbons (Fsp3) is 0.529. The Morgan fingerprint density at radius 1 is 1.32 bits per heavy atom. The van der Waals surface area contributed by atoms with Gasteiger partial charge in [0, 0.05) is 6.54 Å². The van der Waals surface area contributed by atoms with E-state index in [0.717, 1.165) is 28.9 Å². The summed E-state index contributed by atoms with van der Waals surface area (Å²) in [6.07, 6.45) is 1.49. The average Bonchev–Trinajstić information content (AvgIpc) is 2.93. The Labute approximate surface area is 130 Å². The summed E-state index contributed by atoms with van der Waals surface area (Å²) >= 11 is 0. The number of aliphatic carboxylic acids is 1. The van der Waals surface area contributed by atoms with Gasteiger partial charge in [-0.2, -0.15) is 0 Å². The lowest BCUT2D eigenvalue weighted by atomic mass is 10.1. The number of hydrogen-bond donors (Lipinski definition) is 1. The molecule has 120 valence electrons. The van der Waals surface area contributed by atoms with E-state index >= 15 is 0 Å². The van der Waals surface area contributed by atoms with E-state index < -0.39 is 12.0 Å². The van der Waals surface area contributed by atoms with E-state index in [1.807, 2.05) is 26.8 Å². The molecule has 1 fully saturated rings. The SMILES string of the molecule is Cc1cc(C)c(C)c(OCCC(=O)N2CCC[C@H]2C(=O)O)c1. The topological polar surface area (TPSA) is 66.8 Å². The lowest BCUT2D eigenvalue weighted by molar-refractivity contribution is -0.148.